The lowest BCUT2D eigenvalue weighted by molar-refractivity contribution is -0.150. The van der Waals surface area contributed by atoms with Crippen LogP contribution in [0.25, 0.3) is 0 Å². The summed E-state index contributed by atoms with van der Waals surface area (Å²) >= 11 is 2.43. The van der Waals surface area contributed by atoms with Crippen molar-refractivity contribution in [1.29, 1.82) is 5.41 Å². The van der Waals surface area contributed by atoms with E-state index < -0.39 is 29.2 Å². The fourth-order valence-corrected chi connectivity index (χ4v) is 5.73. The number of aliphatic hydroxyl groups excluding tert-OH is 1. The number of anilines is 1. The molecule has 0 bridgehead atoms. The van der Waals surface area contributed by atoms with Crippen LogP contribution in [0.3, 0.4) is 0 Å². The molecule has 2 aliphatic heterocycles. The van der Waals surface area contributed by atoms with E-state index in [0.29, 0.717) is 5.57 Å². The molecule has 0 spiro atoms. The Morgan fingerprint density at radius 2 is 2.23 bits per heavy atom. The smallest absolute Gasteiger partial charge is 0.352 e. The maximum Gasteiger partial charge on any atom is 0.352 e. The van der Waals surface area contributed by atoms with E-state index in [1.54, 1.807) is 10.9 Å². The van der Waals surface area contributed by atoms with E-state index in [9.17, 15) is 24.6 Å². The Balaban J connectivity index is 1.55. The number of aromatic nitrogens is 3. The number of nitrogens with one attached hydrogen (secondary N) is 2. The number of oxime groups is 1. The van der Waals surface area contributed by atoms with Crippen molar-refractivity contribution < 1.29 is 29.4 Å². The number of carboxylic acid groups (broad SMARTS) is 1. The van der Waals surface area contributed by atoms with Gasteiger partial charge in [0.05, 0.1) is 19.7 Å². The minimum absolute atomic E-state index is 0.122. The van der Waals surface area contributed by atoms with Crippen LogP contribution in [-0.4, -0.2) is 83.8 Å². The van der Waals surface area contributed by atoms with Gasteiger partial charge in [0, 0.05) is 17.3 Å². The summed E-state index contributed by atoms with van der Waals surface area (Å²) in [5.41, 5.74) is 6.14. The Bertz CT molecular complexity index is 1290. The average molecular weight is 523 g/mol. The standard InChI is InChI=1S/C19H22N8O6S2/c1-33-24-12(10-8-35-19(21)22-10)15(29)23-13-16(30)27-14(18(31)32)9(7-34-17(13)27)6-25-3-2-11(20)26(25)4-5-28/h2-3,8,13,17,20,28H,4-7H2,1H3,(H2,21,22)(H,23,29)(H,31,32)/b20-11?,24-12+. The zero-order valence-electron chi connectivity index (χ0n) is 18.4. The van der Waals surface area contributed by atoms with Gasteiger partial charge in [0.2, 0.25) is 0 Å². The van der Waals surface area contributed by atoms with Gasteiger partial charge in [-0.3, -0.25) is 29.3 Å². The van der Waals surface area contributed by atoms with Crippen molar-refractivity contribution in [3.8, 4) is 0 Å². The molecule has 35 heavy (non-hydrogen) atoms. The van der Waals surface area contributed by atoms with Crippen LogP contribution in [0.1, 0.15) is 5.69 Å². The van der Waals surface area contributed by atoms with Crippen molar-refractivity contribution in [1.82, 2.24) is 24.6 Å². The highest BCUT2D eigenvalue weighted by Crippen LogP contribution is 2.40. The number of carboxylic acids is 1. The highest BCUT2D eigenvalue weighted by Gasteiger charge is 2.54. The van der Waals surface area contributed by atoms with Crippen molar-refractivity contribution in [2.24, 2.45) is 5.16 Å². The number of aliphatic hydroxyl groups is 1. The molecule has 0 aromatic carbocycles. The number of carbonyl (C=O) groups is 3. The first-order chi connectivity index (χ1) is 16.8. The number of hydrogen-bond acceptors (Lipinski definition) is 11. The van der Waals surface area contributed by atoms with Crippen molar-refractivity contribution in [2.45, 2.75) is 24.5 Å². The summed E-state index contributed by atoms with van der Waals surface area (Å²) in [6.07, 6.45) is 1.62. The first kappa shape index (κ1) is 24.5. The van der Waals surface area contributed by atoms with Crippen molar-refractivity contribution in [3.05, 3.63) is 40.1 Å². The van der Waals surface area contributed by atoms with E-state index in [0.717, 1.165) is 16.2 Å². The summed E-state index contributed by atoms with van der Waals surface area (Å²) in [5, 5.41) is 34.5. The predicted octanol–water partition coefficient (Wildman–Crippen LogP) is -1.41. The van der Waals surface area contributed by atoms with Gasteiger partial charge in [-0.2, -0.15) is 0 Å². The van der Waals surface area contributed by atoms with E-state index in [1.165, 1.54) is 35.0 Å². The number of nitrogens with two attached hydrogens (primary N) is 1. The van der Waals surface area contributed by atoms with Crippen LogP contribution in [0.2, 0.25) is 0 Å². The number of fused-ring (bicyclic) bond motifs is 1. The van der Waals surface area contributed by atoms with E-state index in [2.05, 4.69) is 15.5 Å². The number of nitrogen functional groups attached to an aromatic ring is 1. The summed E-state index contributed by atoms with van der Waals surface area (Å²) < 4.78 is 3.13. The molecule has 0 radical (unpaired) electrons. The number of nitrogens with zero attached hydrogens (tertiary/aromatic N) is 5. The minimum Gasteiger partial charge on any atom is -0.477 e. The summed E-state index contributed by atoms with van der Waals surface area (Å²) in [6, 6.07) is 0.567. The molecular formula is C19H22N8O6S2. The van der Waals surface area contributed by atoms with Crippen molar-refractivity contribution >= 4 is 51.7 Å². The molecular weight excluding hydrogens is 500 g/mol. The van der Waals surface area contributed by atoms with Gasteiger partial charge in [-0.25, -0.2) is 9.78 Å². The number of hydrogen-bond donors (Lipinski definition) is 5. The number of amides is 2. The van der Waals surface area contributed by atoms with Gasteiger partial charge in [0.1, 0.15) is 35.4 Å². The zero-order valence-corrected chi connectivity index (χ0v) is 20.0. The van der Waals surface area contributed by atoms with E-state index in [1.807, 2.05) is 0 Å². The number of aliphatic carboxylic acids is 1. The highest BCUT2D eigenvalue weighted by molar-refractivity contribution is 8.00. The highest BCUT2D eigenvalue weighted by atomic mass is 32.2. The van der Waals surface area contributed by atoms with Crippen LogP contribution in [0.5, 0.6) is 0 Å². The van der Waals surface area contributed by atoms with Crippen LogP contribution < -0.4 is 16.5 Å². The Morgan fingerprint density at radius 1 is 1.46 bits per heavy atom. The predicted molar refractivity (Wildman–Crippen MR) is 125 cm³/mol. The SMILES string of the molecule is CO/N=C(/C(=O)NC1C(=O)N2C(C(=O)O)=C(Cn3ccc(=N)n3CCO)CSC12)c1csc(N)n1. The maximum atomic E-state index is 13.0. The lowest BCUT2D eigenvalue weighted by Crippen LogP contribution is -2.71. The largest absolute Gasteiger partial charge is 0.477 e. The molecule has 2 aliphatic rings. The molecule has 2 unspecified atom stereocenters. The molecule has 186 valence electrons. The molecule has 1 saturated heterocycles. The second-order valence-electron chi connectivity index (χ2n) is 7.46. The topological polar surface area (TPSA) is 201 Å². The molecule has 16 heteroatoms. The van der Waals surface area contributed by atoms with Gasteiger partial charge in [-0.05, 0) is 11.6 Å². The van der Waals surface area contributed by atoms with Gasteiger partial charge in [0.25, 0.3) is 11.8 Å². The Kier molecular flexibility index (Phi) is 6.95. The van der Waals surface area contributed by atoms with Gasteiger partial charge in [-0.15, -0.1) is 23.1 Å². The third kappa shape index (κ3) is 4.54. The summed E-state index contributed by atoms with van der Waals surface area (Å²) in [5.74, 6) is -2.26. The van der Waals surface area contributed by atoms with Gasteiger partial charge in [0.15, 0.2) is 10.8 Å². The van der Waals surface area contributed by atoms with Gasteiger partial charge in [-0.1, -0.05) is 5.16 Å². The summed E-state index contributed by atoms with van der Waals surface area (Å²) in [7, 11) is 1.26. The summed E-state index contributed by atoms with van der Waals surface area (Å²) in [4.78, 5) is 47.8. The van der Waals surface area contributed by atoms with Crippen molar-refractivity contribution in [2.75, 3.05) is 25.2 Å². The summed E-state index contributed by atoms with van der Waals surface area (Å²) in [6.45, 7) is 0.108. The second kappa shape index (κ2) is 9.93. The van der Waals surface area contributed by atoms with Crippen LogP contribution >= 0.6 is 23.1 Å². The van der Waals surface area contributed by atoms with Crippen LogP contribution in [0.15, 0.2) is 34.1 Å². The number of carbonyl (C=O) groups excluding carboxylic acids is 2. The molecule has 1 fully saturated rings. The van der Waals surface area contributed by atoms with Gasteiger partial charge >= 0.3 is 5.97 Å². The molecule has 2 aromatic heterocycles. The Hall–Kier alpha value is -3.63. The molecule has 0 saturated carbocycles. The average Bonchev–Trinajstić information content (AvgIpc) is 3.41. The molecule has 2 atom stereocenters. The number of thioether (sulfide) groups is 1. The van der Waals surface area contributed by atoms with E-state index in [-0.39, 0.29) is 53.2 Å². The molecule has 0 aliphatic carbocycles. The van der Waals surface area contributed by atoms with Crippen LogP contribution in [0, 0.1) is 5.41 Å². The molecule has 14 nitrogen and oxygen atoms in total. The number of β-lactam (4-membered cyclic amide) rings is 1. The number of rotatable bonds is 9. The molecule has 4 rings (SSSR count). The monoisotopic (exact) mass is 522 g/mol. The lowest BCUT2D eigenvalue weighted by Gasteiger charge is -2.49. The number of thiazole rings is 1. The first-order valence-electron chi connectivity index (χ1n) is 10.2. The normalized spacial score (nSPS) is 19.9. The molecule has 2 amide bonds. The minimum atomic E-state index is -1.27. The fourth-order valence-electron chi connectivity index (χ4n) is 3.85. The van der Waals surface area contributed by atoms with E-state index in [4.69, 9.17) is 16.0 Å². The van der Waals surface area contributed by atoms with Crippen molar-refractivity contribution in [3.63, 3.8) is 0 Å². The second-order valence-corrected chi connectivity index (χ2v) is 9.45. The third-order valence-electron chi connectivity index (χ3n) is 5.36. The third-order valence-corrected chi connectivity index (χ3v) is 7.37. The van der Waals surface area contributed by atoms with E-state index >= 15 is 0 Å². The molecule has 2 aromatic rings. The fraction of sp³-hybridized carbons (Fsp3) is 0.368. The Labute approximate surface area is 206 Å². The van der Waals surface area contributed by atoms with Gasteiger partial charge < -0.3 is 26.1 Å². The Morgan fingerprint density at radius 3 is 2.86 bits per heavy atom. The lowest BCUT2D eigenvalue weighted by atomic mass is 10.0. The molecule has 4 heterocycles. The quantitative estimate of drug-likeness (QED) is 0.149. The zero-order chi connectivity index (χ0) is 25.3. The molecule has 6 N–H and O–H groups in total. The maximum absolute atomic E-state index is 13.0. The van der Waals surface area contributed by atoms with Crippen LogP contribution in [0.4, 0.5) is 5.13 Å². The first-order valence-corrected chi connectivity index (χ1v) is 12.1. The van der Waals surface area contributed by atoms with Crippen LogP contribution in [-0.2, 0) is 32.3 Å².